The summed E-state index contributed by atoms with van der Waals surface area (Å²) in [5.74, 6) is -0.886. The maximum atomic E-state index is 12.1. The Morgan fingerprint density at radius 3 is 2.39 bits per heavy atom. The lowest BCUT2D eigenvalue weighted by Crippen LogP contribution is -2.46. The lowest BCUT2D eigenvalue weighted by Gasteiger charge is -2.31. The molecule has 18 heavy (non-hydrogen) atoms. The fourth-order valence-corrected chi connectivity index (χ4v) is 1.58. The molecule has 0 bridgehead atoms. The van der Waals surface area contributed by atoms with Crippen LogP contribution >= 0.6 is 0 Å². The molecule has 0 aromatic carbocycles. The van der Waals surface area contributed by atoms with Crippen molar-refractivity contribution in [3.05, 3.63) is 12.7 Å². The van der Waals surface area contributed by atoms with Crippen molar-refractivity contribution in [1.82, 2.24) is 9.80 Å². The first-order chi connectivity index (χ1) is 8.40. The van der Waals surface area contributed by atoms with Gasteiger partial charge in [0.1, 0.15) is 0 Å². The third kappa shape index (κ3) is 6.27. The number of carbonyl (C=O) groups is 2. The van der Waals surface area contributed by atoms with Crippen LogP contribution in [0.5, 0.6) is 0 Å². The van der Waals surface area contributed by atoms with Crippen LogP contribution in [0.1, 0.15) is 33.1 Å². The van der Waals surface area contributed by atoms with E-state index >= 15 is 0 Å². The van der Waals surface area contributed by atoms with Crippen LogP contribution in [0.4, 0.5) is 4.79 Å². The zero-order chi connectivity index (χ0) is 14.1. The number of rotatable bonds is 8. The van der Waals surface area contributed by atoms with Crippen LogP contribution in [0.2, 0.25) is 0 Å². The van der Waals surface area contributed by atoms with E-state index in [4.69, 9.17) is 5.11 Å². The van der Waals surface area contributed by atoms with Crippen LogP contribution in [-0.4, -0.2) is 53.1 Å². The highest BCUT2D eigenvalue weighted by atomic mass is 16.4. The number of amides is 2. The summed E-state index contributed by atoms with van der Waals surface area (Å²) in [6.45, 7) is 8.31. The zero-order valence-corrected chi connectivity index (χ0v) is 11.6. The highest BCUT2D eigenvalue weighted by Crippen LogP contribution is 2.06. The topological polar surface area (TPSA) is 60.9 Å². The Balaban J connectivity index is 4.35. The molecule has 0 unspecified atom stereocenters. The average Bonchev–Trinajstić information content (AvgIpc) is 2.28. The summed E-state index contributed by atoms with van der Waals surface area (Å²) in [5, 5.41) is 8.68. The number of carboxylic acids is 1. The van der Waals surface area contributed by atoms with Crippen molar-refractivity contribution in [3.63, 3.8) is 0 Å². The minimum absolute atomic E-state index is 0.00120. The molecule has 0 radical (unpaired) electrons. The van der Waals surface area contributed by atoms with Gasteiger partial charge in [0.05, 0.1) is 6.42 Å². The van der Waals surface area contributed by atoms with Crippen molar-refractivity contribution in [2.45, 2.75) is 39.2 Å². The van der Waals surface area contributed by atoms with Crippen LogP contribution in [-0.2, 0) is 4.79 Å². The summed E-state index contributed by atoms with van der Waals surface area (Å²) in [5.41, 5.74) is 0. The molecule has 0 aromatic heterocycles. The van der Waals surface area contributed by atoms with Gasteiger partial charge >= 0.3 is 12.0 Å². The van der Waals surface area contributed by atoms with Crippen molar-refractivity contribution in [2.75, 3.05) is 20.1 Å². The maximum absolute atomic E-state index is 12.1. The Labute approximate surface area is 109 Å². The molecule has 0 rings (SSSR count). The Kier molecular flexibility index (Phi) is 7.83. The molecule has 0 fully saturated rings. The molecule has 104 valence electrons. The van der Waals surface area contributed by atoms with Gasteiger partial charge in [-0.1, -0.05) is 6.08 Å². The second kappa shape index (κ2) is 8.55. The van der Waals surface area contributed by atoms with Gasteiger partial charge in [-0.25, -0.2) is 4.79 Å². The van der Waals surface area contributed by atoms with Gasteiger partial charge in [0.15, 0.2) is 0 Å². The number of nitrogens with zero attached hydrogens (tertiary/aromatic N) is 2. The molecular formula is C13H24N2O3. The van der Waals surface area contributed by atoms with Gasteiger partial charge in [-0.15, -0.1) is 6.58 Å². The van der Waals surface area contributed by atoms with Crippen molar-refractivity contribution in [1.29, 1.82) is 0 Å². The average molecular weight is 256 g/mol. The van der Waals surface area contributed by atoms with Gasteiger partial charge in [0.25, 0.3) is 0 Å². The summed E-state index contributed by atoms with van der Waals surface area (Å²) >= 11 is 0. The number of aliphatic carboxylic acids is 1. The second-order valence-electron chi connectivity index (χ2n) is 4.57. The van der Waals surface area contributed by atoms with E-state index in [9.17, 15) is 9.59 Å². The number of urea groups is 1. The fraction of sp³-hybridized carbons (Fsp3) is 0.692. The SMILES string of the molecule is C=CCCCN(C)C(=O)N(CCC(=O)O)C(C)C. The Morgan fingerprint density at radius 2 is 1.94 bits per heavy atom. The van der Waals surface area contributed by atoms with Gasteiger partial charge in [0.2, 0.25) is 0 Å². The number of hydrogen-bond donors (Lipinski definition) is 1. The zero-order valence-electron chi connectivity index (χ0n) is 11.6. The quantitative estimate of drug-likeness (QED) is 0.535. The van der Waals surface area contributed by atoms with Crippen LogP contribution in [0.3, 0.4) is 0 Å². The predicted octanol–water partition coefficient (Wildman–Crippen LogP) is 2.19. The van der Waals surface area contributed by atoms with Crippen molar-refractivity contribution >= 4 is 12.0 Å². The number of carboxylic acid groups (broad SMARTS) is 1. The van der Waals surface area contributed by atoms with E-state index < -0.39 is 5.97 Å². The van der Waals surface area contributed by atoms with E-state index in [1.165, 1.54) is 0 Å². The lowest BCUT2D eigenvalue weighted by atomic mass is 10.2. The van der Waals surface area contributed by atoms with Crippen LogP contribution in [0.25, 0.3) is 0 Å². The summed E-state index contributed by atoms with van der Waals surface area (Å²) in [4.78, 5) is 25.9. The van der Waals surface area contributed by atoms with Gasteiger partial charge in [-0.05, 0) is 26.7 Å². The summed E-state index contributed by atoms with van der Waals surface area (Å²) in [7, 11) is 1.74. The molecule has 0 aliphatic carbocycles. The minimum Gasteiger partial charge on any atom is -0.481 e. The summed E-state index contributed by atoms with van der Waals surface area (Å²) in [6, 6.07) is -0.117. The molecule has 5 heteroatoms. The van der Waals surface area contributed by atoms with Crippen LogP contribution in [0, 0.1) is 0 Å². The van der Waals surface area contributed by atoms with E-state index in [1.807, 2.05) is 19.9 Å². The van der Waals surface area contributed by atoms with Gasteiger partial charge in [-0.2, -0.15) is 0 Å². The lowest BCUT2D eigenvalue weighted by molar-refractivity contribution is -0.137. The largest absolute Gasteiger partial charge is 0.481 e. The molecule has 1 N–H and O–H groups in total. The van der Waals surface area contributed by atoms with Crippen molar-refractivity contribution < 1.29 is 14.7 Å². The molecule has 0 aromatic rings. The second-order valence-corrected chi connectivity index (χ2v) is 4.57. The first-order valence-electron chi connectivity index (χ1n) is 6.24. The normalized spacial score (nSPS) is 10.2. The highest BCUT2D eigenvalue weighted by Gasteiger charge is 2.20. The maximum Gasteiger partial charge on any atom is 0.319 e. The molecular weight excluding hydrogens is 232 g/mol. The third-order valence-electron chi connectivity index (χ3n) is 2.66. The fourth-order valence-electron chi connectivity index (χ4n) is 1.58. The van der Waals surface area contributed by atoms with E-state index in [-0.39, 0.29) is 25.0 Å². The molecule has 0 saturated carbocycles. The van der Waals surface area contributed by atoms with Gasteiger partial charge < -0.3 is 14.9 Å². The number of carbonyl (C=O) groups excluding carboxylic acids is 1. The Hall–Kier alpha value is -1.52. The molecule has 0 aliphatic heterocycles. The number of unbranched alkanes of at least 4 members (excludes halogenated alkanes) is 1. The number of allylic oxidation sites excluding steroid dienone is 1. The number of hydrogen-bond acceptors (Lipinski definition) is 2. The molecule has 0 atom stereocenters. The monoisotopic (exact) mass is 256 g/mol. The Bertz CT molecular complexity index is 290. The molecule has 2 amide bonds. The van der Waals surface area contributed by atoms with Gasteiger partial charge in [0, 0.05) is 26.2 Å². The Morgan fingerprint density at radius 1 is 1.33 bits per heavy atom. The third-order valence-corrected chi connectivity index (χ3v) is 2.66. The van der Waals surface area contributed by atoms with Gasteiger partial charge in [-0.3, -0.25) is 4.79 Å². The van der Waals surface area contributed by atoms with Crippen molar-refractivity contribution in [3.8, 4) is 0 Å². The molecule has 0 saturated heterocycles. The minimum atomic E-state index is -0.886. The van der Waals surface area contributed by atoms with E-state index in [0.29, 0.717) is 6.54 Å². The standard InChI is InChI=1S/C13H24N2O3/c1-5-6-7-9-14(4)13(18)15(11(2)3)10-8-12(16)17/h5,11H,1,6-10H2,2-4H3,(H,16,17). The van der Waals surface area contributed by atoms with Crippen LogP contribution in [0.15, 0.2) is 12.7 Å². The summed E-state index contributed by atoms with van der Waals surface area (Å²) in [6.07, 6.45) is 3.54. The molecule has 0 heterocycles. The van der Waals surface area contributed by atoms with E-state index in [2.05, 4.69) is 6.58 Å². The highest BCUT2D eigenvalue weighted by molar-refractivity contribution is 5.75. The van der Waals surface area contributed by atoms with Crippen molar-refractivity contribution in [2.24, 2.45) is 0 Å². The molecule has 5 nitrogen and oxygen atoms in total. The molecule has 0 spiro atoms. The summed E-state index contributed by atoms with van der Waals surface area (Å²) < 4.78 is 0. The first-order valence-corrected chi connectivity index (χ1v) is 6.24. The predicted molar refractivity (Wildman–Crippen MR) is 71.6 cm³/mol. The smallest absolute Gasteiger partial charge is 0.319 e. The van der Waals surface area contributed by atoms with E-state index in [0.717, 1.165) is 12.8 Å². The first kappa shape index (κ1) is 16.5. The van der Waals surface area contributed by atoms with E-state index in [1.54, 1.807) is 16.8 Å². The molecule has 0 aliphatic rings. The van der Waals surface area contributed by atoms with Crippen LogP contribution < -0.4 is 0 Å².